The number of hydrogen-bond donors (Lipinski definition) is 3. The summed E-state index contributed by atoms with van der Waals surface area (Å²) in [6, 6.07) is 0. The standard InChI is InChI=1S/C9H17BO4/c11-9(12)8-5-1-3-7(8)4-2-6-10(13)14/h7-8,13-14H,1-6H2,(H,11,12)/t7-,8+/m0/s1. The van der Waals surface area contributed by atoms with Gasteiger partial charge < -0.3 is 15.2 Å². The average molecular weight is 200 g/mol. The van der Waals surface area contributed by atoms with Gasteiger partial charge in [0.05, 0.1) is 5.92 Å². The van der Waals surface area contributed by atoms with Gasteiger partial charge >= 0.3 is 13.1 Å². The Morgan fingerprint density at radius 2 is 2.07 bits per heavy atom. The first-order valence-electron chi connectivity index (χ1n) is 5.20. The summed E-state index contributed by atoms with van der Waals surface area (Å²) in [4.78, 5) is 10.8. The van der Waals surface area contributed by atoms with E-state index in [1.165, 1.54) is 0 Å². The molecule has 1 saturated carbocycles. The maximum absolute atomic E-state index is 10.8. The zero-order valence-electron chi connectivity index (χ0n) is 8.22. The summed E-state index contributed by atoms with van der Waals surface area (Å²) >= 11 is 0. The first-order valence-corrected chi connectivity index (χ1v) is 5.20. The maximum Gasteiger partial charge on any atom is 0.451 e. The minimum Gasteiger partial charge on any atom is -0.481 e. The van der Waals surface area contributed by atoms with E-state index < -0.39 is 13.1 Å². The molecule has 4 nitrogen and oxygen atoms in total. The van der Waals surface area contributed by atoms with E-state index in [9.17, 15) is 4.79 Å². The lowest BCUT2D eigenvalue weighted by molar-refractivity contribution is -0.143. The lowest BCUT2D eigenvalue weighted by Crippen LogP contribution is -2.19. The molecule has 0 spiro atoms. The Hall–Kier alpha value is -0.545. The van der Waals surface area contributed by atoms with E-state index in [2.05, 4.69) is 0 Å². The average Bonchev–Trinajstić information content (AvgIpc) is 2.51. The third-order valence-electron chi connectivity index (χ3n) is 3.01. The molecule has 0 saturated heterocycles. The Kier molecular flexibility index (Phi) is 4.42. The molecule has 1 aliphatic rings. The van der Waals surface area contributed by atoms with Gasteiger partial charge in [-0.2, -0.15) is 0 Å². The van der Waals surface area contributed by atoms with Crippen molar-refractivity contribution in [1.82, 2.24) is 0 Å². The second-order valence-corrected chi connectivity index (χ2v) is 4.05. The lowest BCUT2D eigenvalue weighted by Gasteiger charge is -2.14. The van der Waals surface area contributed by atoms with Crippen molar-refractivity contribution in [3.63, 3.8) is 0 Å². The van der Waals surface area contributed by atoms with Crippen LogP contribution in [-0.4, -0.2) is 28.2 Å². The molecule has 2 atom stereocenters. The molecule has 0 bridgehead atoms. The minimum atomic E-state index is -1.25. The number of carboxylic acids is 1. The molecule has 1 aliphatic carbocycles. The molecule has 0 unspecified atom stereocenters. The van der Waals surface area contributed by atoms with Crippen molar-refractivity contribution in [2.75, 3.05) is 0 Å². The molecule has 0 aliphatic heterocycles. The quantitative estimate of drug-likeness (QED) is 0.572. The molecule has 3 N–H and O–H groups in total. The van der Waals surface area contributed by atoms with Gasteiger partial charge in [0.2, 0.25) is 0 Å². The molecular formula is C9H17BO4. The van der Waals surface area contributed by atoms with Crippen LogP contribution in [0.1, 0.15) is 32.1 Å². The van der Waals surface area contributed by atoms with Crippen molar-refractivity contribution in [1.29, 1.82) is 0 Å². The van der Waals surface area contributed by atoms with Crippen molar-refractivity contribution in [3.05, 3.63) is 0 Å². The highest BCUT2D eigenvalue weighted by atomic mass is 16.4. The predicted molar refractivity (Wildman–Crippen MR) is 52.7 cm³/mol. The number of hydrogen-bond acceptors (Lipinski definition) is 3. The van der Waals surface area contributed by atoms with Crippen LogP contribution in [0.3, 0.4) is 0 Å². The topological polar surface area (TPSA) is 77.8 Å². The largest absolute Gasteiger partial charge is 0.481 e. The summed E-state index contributed by atoms with van der Waals surface area (Å²) in [6.07, 6.45) is 4.59. The van der Waals surface area contributed by atoms with E-state index in [1.807, 2.05) is 0 Å². The Labute approximate surface area is 84.1 Å². The van der Waals surface area contributed by atoms with Crippen molar-refractivity contribution < 1.29 is 19.9 Å². The summed E-state index contributed by atoms with van der Waals surface area (Å²) in [6.45, 7) is 0. The second-order valence-electron chi connectivity index (χ2n) is 4.05. The fourth-order valence-electron chi connectivity index (χ4n) is 2.27. The Balaban J connectivity index is 2.26. The van der Waals surface area contributed by atoms with Crippen LogP contribution < -0.4 is 0 Å². The smallest absolute Gasteiger partial charge is 0.451 e. The number of carbonyl (C=O) groups is 1. The van der Waals surface area contributed by atoms with Gasteiger partial charge in [-0.1, -0.05) is 19.3 Å². The molecule has 0 amide bonds. The lowest BCUT2D eigenvalue weighted by atomic mass is 9.80. The van der Waals surface area contributed by atoms with E-state index in [0.29, 0.717) is 12.7 Å². The maximum atomic E-state index is 10.8. The van der Waals surface area contributed by atoms with Crippen LogP contribution in [0, 0.1) is 11.8 Å². The second kappa shape index (κ2) is 5.36. The molecule has 14 heavy (non-hydrogen) atoms. The SMILES string of the molecule is O=C(O)[C@@H]1CCC[C@H]1CCCB(O)O. The molecule has 1 rings (SSSR count). The van der Waals surface area contributed by atoms with Gasteiger partial charge in [0, 0.05) is 0 Å². The number of carboxylic acid groups (broad SMARTS) is 1. The van der Waals surface area contributed by atoms with E-state index in [-0.39, 0.29) is 11.8 Å². The van der Waals surface area contributed by atoms with Crippen LogP contribution in [0.5, 0.6) is 0 Å². The Bertz CT molecular complexity index is 195. The monoisotopic (exact) mass is 200 g/mol. The Morgan fingerprint density at radius 1 is 1.36 bits per heavy atom. The van der Waals surface area contributed by atoms with Crippen LogP contribution in [0.25, 0.3) is 0 Å². The van der Waals surface area contributed by atoms with Gasteiger partial charge in [-0.05, 0) is 25.1 Å². The minimum absolute atomic E-state index is 0.203. The van der Waals surface area contributed by atoms with Gasteiger partial charge in [-0.3, -0.25) is 4.79 Å². The molecule has 0 aromatic carbocycles. The van der Waals surface area contributed by atoms with Crippen molar-refractivity contribution in [2.24, 2.45) is 11.8 Å². The summed E-state index contributed by atoms with van der Waals surface area (Å²) < 4.78 is 0. The highest BCUT2D eigenvalue weighted by molar-refractivity contribution is 6.40. The predicted octanol–water partition coefficient (Wildman–Crippen LogP) is 0.740. The van der Waals surface area contributed by atoms with E-state index in [1.54, 1.807) is 0 Å². The van der Waals surface area contributed by atoms with Gasteiger partial charge in [-0.25, -0.2) is 0 Å². The van der Waals surface area contributed by atoms with E-state index >= 15 is 0 Å². The van der Waals surface area contributed by atoms with Gasteiger partial charge in [0.1, 0.15) is 0 Å². The molecule has 0 aromatic rings. The molecule has 0 radical (unpaired) electrons. The highest BCUT2D eigenvalue weighted by Crippen LogP contribution is 2.35. The Morgan fingerprint density at radius 3 is 2.64 bits per heavy atom. The van der Waals surface area contributed by atoms with E-state index in [4.69, 9.17) is 15.2 Å². The van der Waals surface area contributed by atoms with Crippen molar-refractivity contribution in [3.8, 4) is 0 Å². The molecule has 5 heteroatoms. The van der Waals surface area contributed by atoms with Crippen LogP contribution in [-0.2, 0) is 4.79 Å². The van der Waals surface area contributed by atoms with Gasteiger partial charge in [0.15, 0.2) is 0 Å². The third kappa shape index (κ3) is 3.31. The summed E-state index contributed by atoms with van der Waals surface area (Å²) in [5, 5.41) is 26.2. The van der Waals surface area contributed by atoms with Crippen LogP contribution >= 0.6 is 0 Å². The van der Waals surface area contributed by atoms with Gasteiger partial charge in [0.25, 0.3) is 0 Å². The zero-order valence-corrected chi connectivity index (χ0v) is 8.22. The van der Waals surface area contributed by atoms with Gasteiger partial charge in [-0.15, -0.1) is 0 Å². The third-order valence-corrected chi connectivity index (χ3v) is 3.01. The normalized spacial score (nSPS) is 26.4. The number of aliphatic carboxylic acids is 1. The molecule has 1 fully saturated rings. The van der Waals surface area contributed by atoms with E-state index in [0.717, 1.165) is 25.7 Å². The zero-order chi connectivity index (χ0) is 10.6. The van der Waals surface area contributed by atoms with Crippen LogP contribution in [0.15, 0.2) is 0 Å². The molecule has 80 valence electrons. The number of rotatable bonds is 5. The molecule has 0 heterocycles. The van der Waals surface area contributed by atoms with Crippen LogP contribution in [0.2, 0.25) is 6.32 Å². The van der Waals surface area contributed by atoms with Crippen LogP contribution in [0.4, 0.5) is 0 Å². The fraction of sp³-hybridized carbons (Fsp3) is 0.889. The summed E-state index contributed by atoms with van der Waals surface area (Å²) in [5.74, 6) is -0.658. The van der Waals surface area contributed by atoms with Crippen molar-refractivity contribution >= 4 is 13.1 Å². The molecule has 0 aromatic heterocycles. The fourth-order valence-corrected chi connectivity index (χ4v) is 2.27. The van der Waals surface area contributed by atoms with Crippen molar-refractivity contribution in [2.45, 2.75) is 38.4 Å². The first kappa shape index (κ1) is 11.5. The summed E-state index contributed by atoms with van der Waals surface area (Å²) in [5.41, 5.74) is 0. The first-order chi connectivity index (χ1) is 6.61. The highest BCUT2D eigenvalue weighted by Gasteiger charge is 2.32. The molecular weight excluding hydrogens is 183 g/mol. The summed E-state index contributed by atoms with van der Waals surface area (Å²) in [7, 11) is -1.25.